The Morgan fingerprint density at radius 2 is 2.00 bits per heavy atom. The molecule has 7 heteroatoms. The Labute approximate surface area is 171 Å². The summed E-state index contributed by atoms with van der Waals surface area (Å²) in [5.74, 6) is 0.596. The number of carbonyl (C=O) groups is 1. The number of thiocarbonyl (C=S) groups is 1. The van der Waals surface area contributed by atoms with Crippen LogP contribution in [0.3, 0.4) is 0 Å². The lowest BCUT2D eigenvalue weighted by atomic mass is 9.94. The van der Waals surface area contributed by atoms with E-state index in [1.807, 2.05) is 0 Å². The molecule has 1 aliphatic carbocycles. The molecule has 1 saturated heterocycles. The summed E-state index contributed by atoms with van der Waals surface area (Å²) >= 11 is 12.6. The van der Waals surface area contributed by atoms with Gasteiger partial charge in [-0.2, -0.15) is 0 Å². The molecule has 0 spiro atoms. The van der Waals surface area contributed by atoms with Crippen molar-refractivity contribution in [2.45, 2.75) is 38.1 Å². The van der Waals surface area contributed by atoms with E-state index >= 15 is 0 Å². The molecule has 4 rings (SSSR count). The van der Waals surface area contributed by atoms with Crippen molar-refractivity contribution < 1.29 is 13.6 Å². The van der Waals surface area contributed by atoms with Gasteiger partial charge in [0.2, 0.25) is 0 Å². The number of hydrogen-bond donors (Lipinski definition) is 0. The maximum Gasteiger partial charge on any atom is 0.266 e. The summed E-state index contributed by atoms with van der Waals surface area (Å²) in [6.45, 7) is 0. The smallest absolute Gasteiger partial charge is 0.266 e. The molecule has 140 valence electrons. The number of thioether (sulfide) groups is 1. The van der Waals surface area contributed by atoms with Crippen molar-refractivity contribution in [3.8, 4) is 11.3 Å². The molecule has 0 N–H and O–H groups in total. The fourth-order valence-corrected chi connectivity index (χ4v) is 5.06. The number of rotatable bonds is 3. The highest BCUT2D eigenvalue weighted by atomic mass is 35.5. The van der Waals surface area contributed by atoms with Gasteiger partial charge in [-0.25, -0.2) is 4.39 Å². The maximum absolute atomic E-state index is 13.3. The number of furan rings is 1. The lowest BCUT2D eigenvalue weighted by Gasteiger charge is -2.29. The van der Waals surface area contributed by atoms with E-state index < -0.39 is 5.82 Å². The molecule has 2 aliphatic rings. The molecule has 1 aromatic carbocycles. The molecule has 1 saturated carbocycles. The first-order chi connectivity index (χ1) is 13.0. The summed E-state index contributed by atoms with van der Waals surface area (Å²) in [6.07, 6.45) is 7.25. The van der Waals surface area contributed by atoms with Crippen LogP contribution in [0.15, 0.2) is 39.7 Å². The molecule has 27 heavy (non-hydrogen) atoms. The predicted octanol–water partition coefficient (Wildman–Crippen LogP) is 6.27. The summed E-state index contributed by atoms with van der Waals surface area (Å²) in [4.78, 5) is 15.2. The van der Waals surface area contributed by atoms with Crippen molar-refractivity contribution in [3.05, 3.63) is 51.8 Å². The Morgan fingerprint density at radius 1 is 1.22 bits per heavy atom. The Morgan fingerprint density at radius 3 is 2.74 bits per heavy atom. The molecule has 2 heterocycles. The van der Waals surface area contributed by atoms with E-state index in [1.54, 1.807) is 29.2 Å². The van der Waals surface area contributed by atoms with Crippen molar-refractivity contribution >= 4 is 51.9 Å². The molecule has 1 aliphatic heterocycles. The highest BCUT2D eigenvalue weighted by Gasteiger charge is 2.37. The van der Waals surface area contributed by atoms with Crippen LogP contribution in [0, 0.1) is 5.82 Å². The quantitative estimate of drug-likeness (QED) is 0.431. The zero-order valence-corrected chi connectivity index (χ0v) is 16.8. The van der Waals surface area contributed by atoms with Gasteiger partial charge in [-0.15, -0.1) is 0 Å². The fourth-order valence-electron chi connectivity index (χ4n) is 3.50. The second-order valence-electron chi connectivity index (χ2n) is 6.67. The molecule has 1 aromatic heterocycles. The van der Waals surface area contributed by atoms with E-state index in [-0.39, 0.29) is 17.0 Å². The van der Waals surface area contributed by atoms with Gasteiger partial charge in [0.25, 0.3) is 5.91 Å². The van der Waals surface area contributed by atoms with Crippen LogP contribution in [0.4, 0.5) is 4.39 Å². The van der Waals surface area contributed by atoms with Crippen LogP contribution in [0.25, 0.3) is 17.4 Å². The van der Waals surface area contributed by atoms with Gasteiger partial charge in [-0.05, 0) is 43.2 Å². The SMILES string of the molecule is O=C1/C(=C\c2ccc(-c3ccc(F)c(Cl)c3)o2)SC(=S)N1C1CCCCC1. The van der Waals surface area contributed by atoms with E-state index in [0.717, 1.165) is 25.7 Å². The average Bonchev–Trinajstić information content (AvgIpc) is 3.23. The minimum absolute atomic E-state index is 0.0406. The molecule has 0 atom stereocenters. The Bertz CT molecular complexity index is 934. The van der Waals surface area contributed by atoms with Crippen LogP contribution in [0.1, 0.15) is 37.9 Å². The molecule has 2 aromatic rings. The van der Waals surface area contributed by atoms with Gasteiger partial charge in [0.05, 0.1) is 9.93 Å². The molecule has 2 fully saturated rings. The van der Waals surface area contributed by atoms with E-state index in [1.165, 1.54) is 30.3 Å². The zero-order chi connectivity index (χ0) is 19.0. The van der Waals surface area contributed by atoms with Crippen LogP contribution in [-0.4, -0.2) is 21.2 Å². The van der Waals surface area contributed by atoms with Gasteiger partial charge in [-0.3, -0.25) is 9.69 Å². The number of benzene rings is 1. The number of halogens is 2. The Hall–Kier alpha value is -1.63. The summed E-state index contributed by atoms with van der Waals surface area (Å²) in [5.41, 5.74) is 0.677. The topological polar surface area (TPSA) is 33.5 Å². The molecule has 3 nitrogen and oxygen atoms in total. The van der Waals surface area contributed by atoms with Crippen molar-refractivity contribution in [1.29, 1.82) is 0 Å². The molecule has 0 radical (unpaired) electrons. The third-order valence-corrected chi connectivity index (χ3v) is 6.49. The standard InChI is InChI=1S/C20H17ClFNO2S2/c21-15-10-12(6-8-16(15)22)17-9-7-14(25-17)11-18-19(24)23(20(26)27-18)13-4-2-1-3-5-13/h6-11,13H,1-5H2/b18-11+. The molecule has 0 bridgehead atoms. The van der Waals surface area contributed by atoms with E-state index in [2.05, 4.69) is 0 Å². The van der Waals surface area contributed by atoms with Crippen LogP contribution in [0.5, 0.6) is 0 Å². The first-order valence-corrected chi connectivity index (χ1v) is 10.5. The summed E-state index contributed by atoms with van der Waals surface area (Å²) in [6, 6.07) is 8.19. The van der Waals surface area contributed by atoms with Crippen molar-refractivity contribution in [3.63, 3.8) is 0 Å². The van der Waals surface area contributed by atoms with Crippen LogP contribution in [0.2, 0.25) is 5.02 Å². The summed E-state index contributed by atoms with van der Waals surface area (Å²) < 4.78 is 19.8. The number of carbonyl (C=O) groups excluding carboxylic acids is 1. The summed E-state index contributed by atoms with van der Waals surface area (Å²) in [7, 11) is 0. The van der Waals surface area contributed by atoms with Gasteiger partial charge in [0.1, 0.15) is 21.7 Å². The van der Waals surface area contributed by atoms with Crippen LogP contribution in [-0.2, 0) is 4.79 Å². The molecular weight excluding hydrogens is 405 g/mol. The Kier molecular flexibility index (Phi) is 5.39. The largest absolute Gasteiger partial charge is 0.457 e. The van der Waals surface area contributed by atoms with Crippen molar-refractivity contribution in [2.24, 2.45) is 0 Å². The minimum Gasteiger partial charge on any atom is -0.457 e. The normalized spacial score (nSPS) is 20.1. The third-order valence-electron chi connectivity index (χ3n) is 4.87. The number of hydrogen-bond acceptors (Lipinski definition) is 4. The van der Waals surface area contributed by atoms with Crippen molar-refractivity contribution in [1.82, 2.24) is 4.90 Å². The number of nitrogens with zero attached hydrogens (tertiary/aromatic N) is 1. The van der Waals surface area contributed by atoms with Gasteiger partial charge >= 0.3 is 0 Å². The minimum atomic E-state index is -0.474. The molecule has 0 unspecified atom stereocenters. The van der Waals surface area contributed by atoms with E-state index in [0.29, 0.717) is 26.3 Å². The zero-order valence-electron chi connectivity index (χ0n) is 14.4. The third kappa shape index (κ3) is 3.84. The fraction of sp³-hybridized carbons (Fsp3) is 0.300. The van der Waals surface area contributed by atoms with Gasteiger partial charge in [0, 0.05) is 17.7 Å². The molecule has 1 amide bonds. The van der Waals surface area contributed by atoms with Crippen LogP contribution >= 0.6 is 35.6 Å². The maximum atomic E-state index is 13.3. The first-order valence-electron chi connectivity index (χ1n) is 8.85. The van der Waals surface area contributed by atoms with Gasteiger partial charge in [0.15, 0.2) is 0 Å². The highest BCUT2D eigenvalue weighted by Crippen LogP contribution is 2.38. The Balaban J connectivity index is 1.55. The summed E-state index contributed by atoms with van der Waals surface area (Å²) in [5, 5.41) is 0.0406. The average molecular weight is 422 g/mol. The van der Waals surface area contributed by atoms with Crippen LogP contribution < -0.4 is 0 Å². The van der Waals surface area contributed by atoms with Gasteiger partial charge < -0.3 is 4.42 Å². The lowest BCUT2D eigenvalue weighted by molar-refractivity contribution is -0.124. The second kappa shape index (κ2) is 7.78. The second-order valence-corrected chi connectivity index (χ2v) is 8.76. The first kappa shape index (κ1) is 18.7. The number of amides is 1. The highest BCUT2D eigenvalue weighted by molar-refractivity contribution is 8.26. The lowest BCUT2D eigenvalue weighted by Crippen LogP contribution is -2.39. The van der Waals surface area contributed by atoms with E-state index in [9.17, 15) is 9.18 Å². The van der Waals surface area contributed by atoms with E-state index in [4.69, 9.17) is 28.2 Å². The predicted molar refractivity (Wildman–Crippen MR) is 111 cm³/mol. The van der Waals surface area contributed by atoms with Crippen molar-refractivity contribution in [2.75, 3.05) is 0 Å². The monoisotopic (exact) mass is 421 g/mol. The van der Waals surface area contributed by atoms with Gasteiger partial charge in [-0.1, -0.05) is 54.8 Å². The molecular formula is C20H17ClFNO2S2.